The van der Waals surface area contributed by atoms with Crippen LogP contribution in [0.15, 0.2) is 0 Å². The Labute approximate surface area is 116 Å². The van der Waals surface area contributed by atoms with Crippen LogP contribution in [-0.4, -0.2) is 24.0 Å². The van der Waals surface area contributed by atoms with Crippen LogP contribution in [0.25, 0.3) is 0 Å². The maximum atomic E-state index is 12.0. The number of rotatable bonds is 4. The third kappa shape index (κ3) is 4.84. The summed E-state index contributed by atoms with van der Waals surface area (Å²) < 4.78 is 5.64. The highest BCUT2D eigenvalue weighted by atomic mass is 16.5. The van der Waals surface area contributed by atoms with Gasteiger partial charge in [0, 0.05) is 6.92 Å². The van der Waals surface area contributed by atoms with Crippen molar-refractivity contribution in [3.05, 3.63) is 0 Å². The highest BCUT2D eigenvalue weighted by Crippen LogP contribution is 2.35. The molecule has 1 saturated carbocycles. The second kappa shape index (κ2) is 6.92. The Balaban J connectivity index is 2.60. The summed E-state index contributed by atoms with van der Waals surface area (Å²) in [6, 6.07) is -0.567. The Bertz CT molecular complexity index is 327. The van der Waals surface area contributed by atoms with Crippen molar-refractivity contribution in [2.45, 2.75) is 66.0 Å². The van der Waals surface area contributed by atoms with Gasteiger partial charge in [-0.15, -0.1) is 0 Å². The Morgan fingerprint density at radius 2 is 1.84 bits per heavy atom. The predicted octanol–water partition coefficient (Wildman–Crippen LogP) is 2.52. The molecule has 0 heterocycles. The van der Waals surface area contributed by atoms with Gasteiger partial charge in [0.2, 0.25) is 5.91 Å². The van der Waals surface area contributed by atoms with Crippen LogP contribution in [0.2, 0.25) is 0 Å². The summed E-state index contributed by atoms with van der Waals surface area (Å²) in [6.45, 7) is 9.63. The molecule has 4 heteroatoms. The maximum Gasteiger partial charge on any atom is 0.328 e. The van der Waals surface area contributed by atoms with Crippen LogP contribution in [0.3, 0.4) is 0 Å². The van der Waals surface area contributed by atoms with Gasteiger partial charge in [-0.2, -0.15) is 0 Å². The minimum atomic E-state index is -0.567. The highest BCUT2D eigenvalue weighted by Gasteiger charge is 2.34. The molecule has 4 nitrogen and oxygen atoms in total. The van der Waals surface area contributed by atoms with Gasteiger partial charge in [-0.05, 0) is 37.5 Å². The molecule has 0 bridgehead atoms. The van der Waals surface area contributed by atoms with Crippen LogP contribution in [0.4, 0.5) is 0 Å². The van der Waals surface area contributed by atoms with Crippen molar-refractivity contribution in [2.75, 3.05) is 0 Å². The summed E-state index contributed by atoms with van der Waals surface area (Å²) in [5.74, 6) is 1.02. The van der Waals surface area contributed by atoms with Gasteiger partial charge in [0.05, 0.1) is 0 Å². The summed E-state index contributed by atoms with van der Waals surface area (Å²) in [5.41, 5.74) is 0. The Morgan fingerprint density at radius 3 is 2.37 bits per heavy atom. The minimum Gasteiger partial charge on any atom is -0.461 e. The van der Waals surface area contributed by atoms with Crippen molar-refractivity contribution >= 4 is 11.9 Å². The molecule has 0 radical (unpaired) electrons. The van der Waals surface area contributed by atoms with E-state index in [4.69, 9.17) is 4.74 Å². The van der Waals surface area contributed by atoms with E-state index < -0.39 is 6.04 Å². The zero-order valence-electron chi connectivity index (χ0n) is 12.7. The summed E-state index contributed by atoms with van der Waals surface area (Å²) in [5, 5.41) is 2.57. The Hall–Kier alpha value is -1.06. The number of hydrogen-bond donors (Lipinski definition) is 1. The fourth-order valence-electron chi connectivity index (χ4n) is 2.87. The van der Waals surface area contributed by atoms with Crippen LogP contribution in [0, 0.1) is 17.8 Å². The van der Waals surface area contributed by atoms with Crippen molar-refractivity contribution in [1.29, 1.82) is 0 Å². The van der Waals surface area contributed by atoms with E-state index in [2.05, 4.69) is 26.1 Å². The molecule has 1 aliphatic carbocycles. The normalized spacial score (nSPS) is 28.8. The van der Waals surface area contributed by atoms with E-state index >= 15 is 0 Å². The highest BCUT2D eigenvalue weighted by molar-refractivity contribution is 5.82. The van der Waals surface area contributed by atoms with Crippen LogP contribution < -0.4 is 5.32 Å². The van der Waals surface area contributed by atoms with E-state index in [1.165, 1.54) is 13.3 Å². The monoisotopic (exact) mass is 269 g/mol. The van der Waals surface area contributed by atoms with E-state index in [0.29, 0.717) is 17.8 Å². The van der Waals surface area contributed by atoms with Gasteiger partial charge in [-0.1, -0.05) is 27.2 Å². The smallest absolute Gasteiger partial charge is 0.328 e. The molecule has 1 fully saturated rings. The van der Waals surface area contributed by atoms with Crippen molar-refractivity contribution < 1.29 is 14.3 Å². The van der Waals surface area contributed by atoms with E-state index in [9.17, 15) is 9.59 Å². The topological polar surface area (TPSA) is 55.4 Å². The lowest BCUT2D eigenvalue weighted by molar-refractivity contribution is -0.159. The average Bonchev–Trinajstić information content (AvgIpc) is 2.27. The van der Waals surface area contributed by atoms with Crippen molar-refractivity contribution in [2.24, 2.45) is 17.8 Å². The molecular weight excluding hydrogens is 242 g/mol. The van der Waals surface area contributed by atoms with Crippen molar-refractivity contribution in [3.8, 4) is 0 Å². The number of ether oxygens (including phenoxy) is 1. The molecule has 0 aromatic rings. The van der Waals surface area contributed by atoms with E-state index in [-0.39, 0.29) is 18.0 Å². The van der Waals surface area contributed by atoms with E-state index in [1.54, 1.807) is 6.92 Å². The lowest BCUT2D eigenvalue weighted by Crippen LogP contribution is -2.43. The quantitative estimate of drug-likeness (QED) is 0.798. The summed E-state index contributed by atoms with van der Waals surface area (Å²) >= 11 is 0. The molecule has 19 heavy (non-hydrogen) atoms. The molecule has 0 spiro atoms. The predicted molar refractivity (Wildman–Crippen MR) is 74.5 cm³/mol. The van der Waals surface area contributed by atoms with Crippen LogP contribution in [-0.2, 0) is 14.3 Å². The Morgan fingerprint density at radius 1 is 1.21 bits per heavy atom. The largest absolute Gasteiger partial charge is 0.461 e. The molecule has 1 rings (SSSR count). The molecule has 0 saturated heterocycles. The van der Waals surface area contributed by atoms with Gasteiger partial charge in [0.1, 0.15) is 12.1 Å². The van der Waals surface area contributed by atoms with Gasteiger partial charge < -0.3 is 10.1 Å². The van der Waals surface area contributed by atoms with Gasteiger partial charge in [0.25, 0.3) is 0 Å². The van der Waals surface area contributed by atoms with Gasteiger partial charge in [-0.25, -0.2) is 4.79 Å². The molecule has 0 aliphatic heterocycles. The molecule has 1 N–H and O–H groups in total. The number of nitrogens with one attached hydrogen (secondary N) is 1. The molecule has 4 atom stereocenters. The summed E-state index contributed by atoms with van der Waals surface area (Å²) in [4.78, 5) is 22.9. The fourth-order valence-corrected chi connectivity index (χ4v) is 2.87. The zero-order valence-corrected chi connectivity index (χ0v) is 12.7. The summed E-state index contributed by atoms with van der Waals surface area (Å²) in [6.07, 6.45) is 3.25. The standard InChI is InChI=1S/C15H27NO3/c1-9(2)13-7-6-10(3)8-14(13)19-15(18)11(4)16-12(5)17/h9-11,13-14H,6-8H2,1-5H3,(H,16,17)/t10-,11?,13+,14-/m0/s1. The van der Waals surface area contributed by atoms with Crippen molar-refractivity contribution in [3.63, 3.8) is 0 Å². The number of carbonyl (C=O) groups is 2. The third-order valence-electron chi connectivity index (χ3n) is 4.00. The number of esters is 1. The van der Waals surface area contributed by atoms with Crippen molar-refractivity contribution in [1.82, 2.24) is 5.32 Å². The first-order valence-corrected chi connectivity index (χ1v) is 7.28. The maximum absolute atomic E-state index is 12.0. The second-order valence-corrected chi connectivity index (χ2v) is 6.22. The number of amides is 1. The lowest BCUT2D eigenvalue weighted by Gasteiger charge is -2.37. The van der Waals surface area contributed by atoms with E-state index in [1.807, 2.05) is 0 Å². The molecule has 1 amide bonds. The fraction of sp³-hybridized carbons (Fsp3) is 0.867. The first kappa shape index (κ1) is 16.0. The Kier molecular flexibility index (Phi) is 5.83. The molecule has 0 aromatic carbocycles. The second-order valence-electron chi connectivity index (χ2n) is 6.22. The first-order valence-electron chi connectivity index (χ1n) is 7.28. The number of carbonyl (C=O) groups excluding carboxylic acids is 2. The van der Waals surface area contributed by atoms with Crippen LogP contribution >= 0.6 is 0 Å². The third-order valence-corrected chi connectivity index (χ3v) is 4.00. The molecular formula is C15H27NO3. The summed E-state index contributed by atoms with van der Waals surface area (Å²) in [7, 11) is 0. The van der Waals surface area contributed by atoms with Gasteiger partial charge in [0.15, 0.2) is 0 Å². The number of hydrogen-bond acceptors (Lipinski definition) is 3. The van der Waals surface area contributed by atoms with Crippen LogP contribution in [0.1, 0.15) is 53.9 Å². The van der Waals surface area contributed by atoms with Gasteiger partial charge in [-0.3, -0.25) is 4.79 Å². The zero-order chi connectivity index (χ0) is 14.6. The first-order chi connectivity index (χ1) is 8.81. The van der Waals surface area contributed by atoms with Crippen LogP contribution in [0.5, 0.6) is 0 Å². The minimum absolute atomic E-state index is 0.00698. The van der Waals surface area contributed by atoms with E-state index in [0.717, 1.165) is 12.8 Å². The molecule has 110 valence electrons. The molecule has 0 aromatic heterocycles. The average molecular weight is 269 g/mol. The SMILES string of the molecule is CC(=O)NC(C)C(=O)O[C@H]1C[C@@H](C)CC[C@@H]1C(C)C. The van der Waals surface area contributed by atoms with Gasteiger partial charge >= 0.3 is 5.97 Å². The molecule has 1 unspecified atom stereocenters. The lowest BCUT2D eigenvalue weighted by atomic mass is 9.75. The molecule has 1 aliphatic rings.